The number of pyridine rings is 1. The van der Waals surface area contributed by atoms with E-state index in [9.17, 15) is 9.59 Å². The van der Waals surface area contributed by atoms with Gasteiger partial charge in [-0.1, -0.05) is 68.3 Å². The number of carbonyl (C=O) groups is 1. The minimum Gasteiger partial charge on any atom is -0.339 e. The zero-order valence-electron chi connectivity index (χ0n) is 24.3. The van der Waals surface area contributed by atoms with Gasteiger partial charge in [0.25, 0.3) is 11.5 Å². The summed E-state index contributed by atoms with van der Waals surface area (Å²) in [6.07, 6.45) is 5.06. The number of hydrogen-bond acceptors (Lipinski definition) is 4. The summed E-state index contributed by atoms with van der Waals surface area (Å²) in [5.41, 5.74) is 5.63. The number of benzene rings is 2. The molecule has 0 radical (unpaired) electrons. The molecule has 1 aliphatic heterocycles. The van der Waals surface area contributed by atoms with Crippen LogP contribution in [0.25, 0.3) is 33.6 Å². The lowest BCUT2D eigenvalue weighted by Gasteiger charge is -2.29. The lowest BCUT2D eigenvalue weighted by molar-refractivity contribution is 0.0723. The molecule has 1 saturated heterocycles. The molecule has 0 bridgehead atoms. The number of carbonyl (C=O) groups excluding carboxylic acids is 1. The minimum absolute atomic E-state index is 0.0464. The van der Waals surface area contributed by atoms with Gasteiger partial charge in [-0.3, -0.25) is 14.2 Å². The second kappa shape index (κ2) is 11.8. The number of hydrogen-bond donors (Lipinski definition) is 0. The van der Waals surface area contributed by atoms with Crippen molar-refractivity contribution in [3.63, 3.8) is 0 Å². The summed E-state index contributed by atoms with van der Waals surface area (Å²) in [6.45, 7) is 11.8. The fourth-order valence-corrected chi connectivity index (χ4v) is 6.29. The van der Waals surface area contributed by atoms with Crippen LogP contribution in [0.5, 0.6) is 0 Å². The molecule has 0 aliphatic carbocycles. The van der Waals surface area contributed by atoms with Crippen molar-refractivity contribution in [3.8, 4) is 27.5 Å². The quantitative estimate of drug-likeness (QED) is 0.235. The van der Waals surface area contributed by atoms with E-state index in [1.165, 1.54) is 11.3 Å². The Hall–Kier alpha value is -3.48. The summed E-state index contributed by atoms with van der Waals surface area (Å²) in [7, 11) is 0. The highest BCUT2D eigenvalue weighted by Crippen LogP contribution is 2.33. The van der Waals surface area contributed by atoms with Gasteiger partial charge in [0, 0.05) is 29.1 Å². The summed E-state index contributed by atoms with van der Waals surface area (Å²) in [6, 6.07) is 17.3. The van der Waals surface area contributed by atoms with Crippen LogP contribution in [0.1, 0.15) is 75.5 Å². The molecule has 0 atom stereocenters. The maximum absolute atomic E-state index is 14.6. The maximum atomic E-state index is 14.6. The average Bonchev–Trinajstić information content (AvgIpc) is 3.43. The number of aromatic nitrogens is 2. The first kappa shape index (κ1) is 29.0. The van der Waals surface area contributed by atoms with Crippen molar-refractivity contribution in [2.24, 2.45) is 0 Å². The Morgan fingerprint density at radius 1 is 1.00 bits per heavy atom. The summed E-state index contributed by atoms with van der Waals surface area (Å²) >= 11 is 7.51. The fraction of sp³-hybridized carbons (Fsp3) is 0.324. The van der Waals surface area contributed by atoms with Gasteiger partial charge in [0.2, 0.25) is 0 Å². The molecule has 4 aromatic rings. The largest absolute Gasteiger partial charge is 0.339 e. The van der Waals surface area contributed by atoms with Gasteiger partial charge in [-0.05, 0) is 74.4 Å². The number of para-hydroxylation sites is 1. The van der Waals surface area contributed by atoms with Crippen LogP contribution in [-0.2, 0) is 5.41 Å². The van der Waals surface area contributed by atoms with Gasteiger partial charge >= 0.3 is 0 Å². The molecule has 5 rings (SSSR count). The van der Waals surface area contributed by atoms with Gasteiger partial charge in [-0.2, -0.15) is 0 Å². The minimum atomic E-state index is -0.228. The Kier molecular flexibility index (Phi) is 8.35. The summed E-state index contributed by atoms with van der Waals surface area (Å²) in [4.78, 5) is 35.5. The van der Waals surface area contributed by atoms with E-state index in [2.05, 4.69) is 26.8 Å². The lowest BCUT2D eigenvalue weighted by atomic mass is 9.85. The van der Waals surface area contributed by atoms with Gasteiger partial charge in [0.15, 0.2) is 0 Å². The van der Waals surface area contributed by atoms with Crippen LogP contribution in [-0.4, -0.2) is 33.4 Å². The van der Waals surface area contributed by atoms with Gasteiger partial charge in [0.05, 0.1) is 28.2 Å². The first-order valence-electron chi connectivity index (χ1n) is 14.1. The number of nitrogens with zero attached hydrogens (tertiary/aromatic N) is 3. The fourth-order valence-electron chi connectivity index (χ4n) is 5.33. The van der Waals surface area contributed by atoms with E-state index >= 15 is 0 Å². The summed E-state index contributed by atoms with van der Waals surface area (Å²) in [5, 5.41) is 3.18. The highest BCUT2D eigenvalue weighted by molar-refractivity contribution is 7.13. The molecule has 41 heavy (non-hydrogen) atoms. The van der Waals surface area contributed by atoms with Crippen LogP contribution in [0.4, 0.5) is 0 Å². The Labute approximate surface area is 251 Å². The van der Waals surface area contributed by atoms with E-state index in [4.69, 9.17) is 16.6 Å². The molecule has 1 fully saturated rings. The molecule has 3 heterocycles. The van der Waals surface area contributed by atoms with Gasteiger partial charge < -0.3 is 4.90 Å². The second-order valence-corrected chi connectivity index (χ2v) is 13.2. The molecular weight excluding hydrogens is 550 g/mol. The Morgan fingerprint density at radius 2 is 1.68 bits per heavy atom. The Bertz CT molecular complexity index is 1670. The van der Waals surface area contributed by atoms with E-state index in [1.807, 2.05) is 72.7 Å². The predicted molar refractivity (Wildman–Crippen MR) is 171 cm³/mol. The number of piperidine rings is 1. The lowest BCUT2D eigenvalue weighted by Crippen LogP contribution is -2.37. The van der Waals surface area contributed by atoms with Crippen molar-refractivity contribution in [3.05, 3.63) is 97.7 Å². The van der Waals surface area contributed by atoms with Gasteiger partial charge in [-0.25, -0.2) is 4.98 Å². The topological polar surface area (TPSA) is 55.2 Å². The predicted octanol–water partition coefficient (Wildman–Crippen LogP) is 8.63. The highest BCUT2D eigenvalue weighted by Gasteiger charge is 2.28. The van der Waals surface area contributed by atoms with E-state index in [1.54, 1.807) is 10.6 Å². The van der Waals surface area contributed by atoms with Crippen LogP contribution in [0.2, 0.25) is 5.02 Å². The Morgan fingerprint density at radius 3 is 2.34 bits per heavy atom. The maximum Gasteiger partial charge on any atom is 0.265 e. The molecular formula is C34H36ClN3O2S. The smallest absolute Gasteiger partial charge is 0.265 e. The number of likely N-dealkylation sites (tertiary alicyclic amines) is 1. The van der Waals surface area contributed by atoms with Gasteiger partial charge in [0.1, 0.15) is 5.01 Å². The van der Waals surface area contributed by atoms with E-state index < -0.39 is 0 Å². The summed E-state index contributed by atoms with van der Waals surface area (Å²) in [5.74, 6) is -0.0464. The average molecular weight is 586 g/mol. The number of thiazole rings is 1. The normalized spacial score (nSPS) is 13.8. The van der Waals surface area contributed by atoms with E-state index in [0.717, 1.165) is 60.4 Å². The van der Waals surface area contributed by atoms with Crippen LogP contribution in [0, 0.1) is 0 Å². The molecule has 0 N–H and O–H groups in total. The molecule has 0 saturated carbocycles. The molecule has 0 unspecified atom stereocenters. The number of rotatable bonds is 5. The van der Waals surface area contributed by atoms with Crippen LogP contribution >= 0.6 is 22.9 Å². The molecule has 2 aromatic carbocycles. The molecule has 212 valence electrons. The third-order valence-electron chi connectivity index (χ3n) is 7.37. The number of amides is 1. The molecule has 1 aliphatic rings. The van der Waals surface area contributed by atoms with Crippen molar-refractivity contribution < 1.29 is 4.79 Å². The van der Waals surface area contributed by atoms with E-state index in [0.29, 0.717) is 26.9 Å². The van der Waals surface area contributed by atoms with Crippen molar-refractivity contribution >= 4 is 34.9 Å². The highest BCUT2D eigenvalue weighted by atomic mass is 35.5. The molecule has 7 heteroatoms. The van der Waals surface area contributed by atoms with Crippen molar-refractivity contribution in [1.29, 1.82) is 0 Å². The van der Waals surface area contributed by atoms with E-state index in [-0.39, 0.29) is 16.9 Å². The van der Waals surface area contributed by atoms with Crippen molar-refractivity contribution in [1.82, 2.24) is 14.5 Å². The van der Waals surface area contributed by atoms with Crippen LogP contribution in [0.3, 0.4) is 0 Å². The molecule has 0 spiro atoms. The zero-order chi connectivity index (χ0) is 29.3. The third-order valence-corrected chi connectivity index (χ3v) is 8.49. The Balaban J connectivity index is 1.81. The van der Waals surface area contributed by atoms with Crippen LogP contribution < -0.4 is 5.56 Å². The van der Waals surface area contributed by atoms with Gasteiger partial charge in [-0.15, -0.1) is 11.3 Å². The number of halogens is 1. The first-order chi connectivity index (χ1) is 19.5. The van der Waals surface area contributed by atoms with Crippen molar-refractivity contribution in [2.45, 2.75) is 59.3 Å². The molecule has 1 amide bonds. The summed E-state index contributed by atoms with van der Waals surface area (Å²) < 4.78 is 1.74. The molecule has 5 nitrogen and oxygen atoms in total. The first-order valence-corrected chi connectivity index (χ1v) is 15.4. The number of allylic oxidation sites excluding steroid dienone is 1. The van der Waals surface area contributed by atoms with Crippen LogP contribution in [0.15, 0.2) is 70.3 Å². The standard InChI is InChI=1S/C34H36ClN3O2S/c1-22(2)19-30-25(32(39)37-17-9-6-10-18-37)20-26(31-36-28(21-41-31)23-13-15-24(35)16-14-23)33(40)38(30)29-12-8-7-11-27(29)34(3,4)5/h7-8,11-16,19-21H,6,9-10,17-18H2,1-5H3. The monoisotopic (exact) mass is 585 g/mol. The zero-order valence-corrected chi connectivity index (χ0v) is 25.9. The third kappa shape index (κ3) is 6.09. The second-order valence-electron chi connectivity index (χ2n) is 11.9. The van der Waals surface area contributed by atoms with Crippen molar-refractivity contribution in [2.75, 3.05) is 13.1 Å². The molecule has 2 aromatic heterocycles. The SMILES string of the molecule is CC(C)=Cc1c(C(=O)N2CCCCC2)cc(-c2nc(-c3ccc(Cl)cc3)cs2)c(=O)n1-c1ccccc1C(C)(C)C.